The number of sulfonamides is 1. The van der Waals surface area contributed by atoms with E-state index in [0.29, 0.717) is 11.4 Å². The van der Waals surface area contributed by atoms with E-state index in [-0.39, 0.29) is 27.1 Å². The van der Waals surface area contributed by atoms with Gasteiger partial charge in [0.15, 0.2) is 0 Å². The molecule has 3 N–H and O–H groups in total. The number of aryl methyl sites for hydroxylation is 1. The van der Waals surface area contributed by atoms with Crippen LogP contribution >= 0.6 is 11.6 Å². The van der Waals surface area contributed by atoms with Gasteiger partial charge < -0.3 is 10.6 Å². The Morgan fingerprint density at radius 2 is 1.56 bits per heavy atom. The summed E-state index contributed by atoms with van der Waals surface area (Å²) in [6.07, 6.45) is 0. The summed E-state index contributed by atoms with van der Waals surface area (Å²) in [4.78, 5) is 24.1. The normalized spacial score (nSPS) is 11.0. The van der Waals surface area contributed by atoms with Crippen molar-refractivity contribution in [3.63, 3.8) is 0 Å². The second kappa shape index (κ2) is 9.37. The van der Waals surface area contributed by atoms with Crippen LogP contribution in [0.3, 0.4) is 0 Å². The summed E-state index contributed by atoms with van der Waals surface area (Å²) in [6, 6.07) is 13.5. The number of rotatable bonds is 6. The van der Waals surface area contributed by atoms with Crippen LogP contribution in [0.4, 0.5) is 21.5 Å². The van der Waals surface area contributed by atoms with Gasteiger partial charge in [-0.1, -0.05) is 17.7 Å². The lowest BCUT2D eigenvalue weighted by molar-refractivity contribution is -0.114. The van der Waals surface area contributed by atoms with Crippen LogP contribution in [0.15, 0.2) is 65.6 Å². The van der Waals surface area contributed by atoms with Crippen LogP contribution in [0.1, 0.15) is 22.8 Å². The smallest absolute Gasteiger partial charge is 0.261 e. The Labute approximate surface area is 189 Å². The molecule has 10 heteroatoms. The van der Waals surface area contributed by atoms with Crippen LogP contribution in [-0.4, -0.2) is 20.2 Å². The number of nitrogens with one attached hydrogen (secondary N) is 3. The molecule has 0 saturated carbocycles. The van der Waals surface area contributed by atoms with Gasteiger partial charge in [0.05, 0.1) is 27.0 Å². The fourth-order valence-corrected chi connectivity index (χ4v) is 4.11. The summed E-state index contributed by atoms with van der Waals surface area (Å²) in [5.41, 5.74) is 1.77. The molecule has 166 valence electrons. The van der Waals surface area contributed by atoms with E-state index in [0.717, 1.165) is 29.8 Å². The molecule has 0 aliphatic heterocycles. The van der Waals surface area contributed by atoms with Gasteiger partial charge in [-0.05, 0) is 67.1 Å². The molecule has 0 aromatic heterocycles. The van der Waals surface area contributed by atoms with Crippen LogP contribution in [0.5, 0.6) is 0 Å². The molecule has 3 rings (SSSR count). The fourth-order valence-electron chi connectivity index (χ4n) is 2.82. The Morgan fingerprint density at radius 3 is 2.22 bits per heavy atom. The molecule has 0 unspecified atom stereocenters. The lowest BCUT2D eigenvalue weighted by Crippen LogP contribution is -2.17. The van der Waals surface area contributed by atoms with Crippen LogP contribution in [0.25, 0.3) is 0 Å². The van der Waals surface area contributed by atoms with Gasteiger partial charge in [-0.15, -0.1) is 0 Å². The summed E-state index contributed by atoms with van der Waals surface area (Å²) in [5, 5.41) is 5.41. The van der Waals surface area contributed by atoms with Crippen molar-refractivity contribution in [1.82, 2.24) is 0 Å². The highest BCUT2D eigenvalue weighted by atomic mass is 35.5. The molecular formula is C22H19ClFN3O4S. The molecule has 0 heterocycles. The molecule has 0 atom stereocenters. The van der Waals surface area contributed by atoms with Crippen LogP contribution in [0.2, 0.25) is 5.02 Å². The van der Waals surface area contributed by atoms with E-state index >= 15 is 0 Å². The molecule has 7 nitrogen and oxygen atoms in total. The second-order valence-corrected chi connectivity index (χ2v) is 9.03. The first-order valence-corrected chi connectivity index (χ1v) is 11.2. The van der Waals surface area contributed by atoms with Crippen molar-refractivity contribution in [1.29, 1.82) is 0 Å². The van der Waals surface area contributed by atoms with E-state index in [9.17, 15) is 22.4 Å². The molecule has 0 aliphatic carbocycles. The van der Waals surface area contributed by atoms with E-state index < -0.39 is 21.7 Å². The minimum Gasteiger partial charge on any atom is -0.325 e. The van der Waals surface area contributed by atoms with E-state index in [1.54, 1.807) is 18.2 Å². The van der Waals surface area contributed by atoms with Crippen molar-refractivity contribution in [3.05, 3.63) is 82.6 Å². The lowest BCUT2D eigenvalue weighted by atomic mass is 10.1. The number of carbonyl (C=O) groups excluding carboxylic acids is 2. The number of hydrogen-bond acceptors (Lipinski definition) is 4. The molecule has 2 amide bonds. The first-order valence-electron chi connectivity index (χ1n) is 9.33. The maximum atomic E-state index is 13.1. The van der Waals surface area contributed by atoms with Crippen molar-refractivity contribution in [2.24, 2.45) is 0 Å². The van der Waals surface area contributed by atoms with E-state index in [1.165, 1.54) is 25.1 Å². The van der Waals surface area contributed by atoms with Crippen molar-refractivity contribution in [2.75, 3.05) is 15.4 Å². The largest absolute Gasteiger partial charge is 0.325 e. The number of anilines is 3. The molecule has 0 aliphatic rings. The maximum Gasteiger partial charge on any atom is 0.261 e. The molecule has 3 aromatic rings. The minimum atomic E-state index is -4.06. The second-order valence-electron chi connectivity index (χ2n) is 6.94. The van der Waals surface area contributed by atoms with Gasteiger partial charge in [-0.3, -0.25) is 14.3 Å². The average molecular weight is 476 g/mol. The Hall–Kier alpha value is -3.43. The van der Waals surface area contributed by atoms with Crippen molar-refractivity contribution in [2.45, 2.75) is 18.7 Å². The lowest BCUT2D eigenvalue weighted by Gasteiger charge is -2.14. The minimum absolute atomic E-state index is 0.0185. The molecule has 0 saturated heterocycles. The van der Waals surface area contributed by atoms with Crippen LogP contribution in [-0.2, 0) is 14.8 Å². The standard InChI is InChI=1S/C22H19ClFN3O4S/c1-13-3-10-19(25-14(2)28)21(11-13)26-22(29)15-4-9-18(23)20(12-15)27-32(30,31)17-7-5-16(24)6-8-17/h3-12,27H,1-2H3,(H,25,28)(H,26,29). The molecular weight excluding hydrogens is 457 g/mol. The maximum absolute atomic E-state index is 13.1. The van der Waals surface area contributed by atoms with Gasteiger partial charge in [0.25, 0.3) is 15.9 Å². The fraction of sp³-hybridized carbons (Fsp3) is 0.0909. The van der Waals surface area contributed by atoms with Crippen molar-refractivity contribution < 1.29 is 22.4 Å². The van der Waals surface area contributed by atoms with Gasteiger partial charge in [-0.2, -0.15) is 0 Å². The highest BCUT2D eigenvalue weighted by molar-refractivity contribution is 7.92. The van der Waals surface area contributed by atoms with Gasteiger partial charge in [0.2, 0.25) is 5.91 Å². The Balaban J connectivity index is 1.87. The monoisotopic (exact) mass is 475 g/mol. The molecule has 0 fully saturated rings. The van der Waals surface area contributed by atoms with Gasteiger partial charge in [-0.25, -0.2) is 12.8 Å². The molecule has 3 aromatic carbocycles. The Kier molecular flexibility index (Phi) is 6.81. The van der Waals surface area contributed by atoms with Gasteiger partial charge in [0.1, 0.15) is 5.82 Å². The average Bonchev–Trinajstić information content (AvgIpc) is 2.71. The first-order chi connectivity index (χ1) is 15.0. The third-order valence-electron chi connectivity index (χ3n) is 4.33. The third-order valence-corrected chi connectivity index (χ3v) is 6.04. The van der Waals surface area contributed by atoms with Crippen molar-refractivity contribution >= 4 is 50.5 Å². The topological polar surface area (TPSA) is 104 Å². The molecule has 32 heavy (non-hydrogen) atoms. The molecule has 0 spiro atoms. The quantitative estimate of drug-likeness (QED) is 0.476. The zero-order valence-corrected chi connectivity index (χ0v) is 18.6. The van der Waals surface area contributed by atoms with Crippen LogP contribution in [0, 0.1) is 12.7 Å². The number of carbonyl (C=O) groups is 2. The van der Waals surface area contributed by atoms with E-state index in [1.807, 2.05) is 6.92 Å². The Bertz CT molecular complexity index is 1300. The van der Waals surface area contributed by atoms with Gasteiger partial charge in [0, 0.05) is 12.5 Å². The molecule has 0 radical (unpaired) electrons. The first kappa shape index (κ1) is 23.2. The zero-order valence-electron chi connectivity index (χ0n) is 17.1. The SMILES string of the molecule is CC(=O)Nc1ccc(C)cc1NC(=O)c1ccc(Cl)c(NS(=O)(=O)c2ccc(F)cc2)c1. The third kappa shape index (κ3) is 5.63. The predicted octanol–water partition coefficient (Wildman–Crippen LogP) is 4.80. The number of benzene rings is 3. The summed E-state index contributed by atoms with van der Waals surface area (Å²) in [7, 11) is -4.06. The highest BCUT2D eigenvalue weighted by Gasteiger charge is 2.18. The summed E-state index contributed by atoms with van der Waals surface area (Å²) >= 11 is 6.12. The molecule has 0 bridgehead atoms. The zero-order chi connectivity index (χ0) is 23.5. The summed E-state index contributed by atoms with van der Waals surface area (Å²) in [5.74, 6) is -1.41. The van der Waals surface area contributed by atoms with E-state index in [4.69, 9.17) is 11.6 Å². The van der Waals surface area contributed by atoms with Gasteiger partial charge >= 0.3 is 0 Å². The van der Waals surface area contributed by atoms with Crippen LogP contribution < -0.4 is 15.4 Å². The number of amides is 2. The summed E-state index contributed by atoms with van der Waals surface area (Å²) in [6.45, 7) is 3.18. The predicted molar refractivity (Wildman–Crippen MR) is 122 cm³/mol. The van der Waals surface area contributed by atoms with E-state index in [2.05, 4.69) is 15.4 Å². The number of hydrogen-bond donors (Lipinski definition) is 3. The Morgan fingerprint density at radius 1 is 0.875 bits per heavy atom. The summed E-state index contributed by atoms with van der Waals surface area (Å²) < 4.78 is 40.6. The number of halogens is 2. The van der Waals surface area contributed by atoms with Crippen molar-refractivity contribution in [3.8, 4) is 0 Å². The highest BCUT2D eigenvalue weighted by Crippen LogP contribution is 2.28.